The summed E-state index contributed by atoms with van der Waals surface area (Å²) < 4.78 is 5.95. The van der Waals surface area contributed by atoms with Crippen molar-refractivity contribution in [1.29, 1.82) is 0 Å². The third-order valence-corrected chi connectivity index (χ3v) is 3.62. The molecule has 2 N–H and O–H groups in total. The van der Waals surface area contributed by atoms with E-state index in [0.29, 0.717) is 10.9 Å². The molecule has 0 amide bonds. The summed E-state index contributed by atoms with van der Waals surface area (Å²) >= 11 is 9.41. The molecule has 0 aliphatic rings. The van der Waals surface area contributed by atoms with Crippen molar-refractivity contribution in [2.24, 2.45) is 0 Å². The van der Waals surface area contributed by atoms with E-state index in [4.69, 9.17) is 16.3 Å². The third-order valence-electron chi connectivity index (χ3n) is 2.88. The van der Waals surface area contributed by atoms with E-state index in [1.807, 2.05) is 19.1 Å². The summed E-state index contributed by atoms with van der Waals surface area (Å²) in [7, 11) is 1.52. The fourth-order valence-corrected chi connectivity index (χ4v) is 2.29. The highest BCUT2D eigenvalue weighted by molar-refractivity contribution is 9.10. The fourth-order valence-electron chi connectivity index (χ4n) is 1.80. The van der Waals surface area contributed by atoms with Gasteiger partial charge in [-0.15, -0.1) is 0 Å². The molecule has 0 bridgehead atoms. The minimum absolute atomic E-state index is 0.0156. The Labute approximate surface area is 130 Å². The van der Waals surface area contributed by atoms with Gasteiger partial charge in [0.05, 0.1) is 12.8 Å². The predicted molar refractivity (Wildman–Crippen MR) is 83.6 cm³/mol. The molecule has 2 rings (SSSR count). The molecule has 2 aromatic rings. The van der Waals surface area contributed by atoms with Crippen LogP contribution in [0.5, 0.6) is 11.5 Å². The fraction of sp³-hybridized carbons (Fsp3) is 0.214. The molecule has 0 aliphatic heterocycles. The number of phenolic OH excluding ortho intramolecular Hbond substituents is 1. The highest BCUT2D eigenvalue weighted by Gasteiger charge is 2.11. The van der Waals surface area contributed by atoms with E-state index in [9.17, 15) is 5.11 Å². The first-order valence-electron chi connectivity index (χ1n) is 5.95. The maximum absolute atomic E-state index is 9.60. The van der Waals surface area contributed by atoms with Gasteiger partial charge in [0.15, 0.2) is 16.7 Å². The lowest BCUT2D eigenvalue weighted by molar-refractivity contribution is 0.373. The van der Waals surface area contributed by atoms with Gasteiger partial charge < -0.3 is 15.2 Å². The summed E-state index contributed by atoms with van der Waals surface area (Å²) in [6, 6.07) is 7.07. The minimum Gasteiger partial charge on any atom is -0.504 e. The molecular weight excluding hydrogens is 344 g/mol. The molecule has 4 nitrogen and oxygen atoms in total. The monoisotopic (exact) mass is 356 g/mol. The number of ether oxygens (including phenoxy) is 1. The smallest absolute Gasteiger partial charge is 0.160 e. The van der Waals surface area contributed by atoms with Crippen molar-refractivity contribution >= 4 is 33.2 Å². The average Bonchev–Trinajstić information content (AvgIpc) is 2.43. The number of nitrogens with zero attached hydrogens (tertiary/aromatic N) is 1. The number of methoxy groups -OCH3 is 1. The summed E-state index contributed by atoms with van der Waals surface area (Å²) in [5.41, 5.74) is 1.70. The van der Waals surface area contributed by atoms with Crippen LogP contribution in [0.15, 0.2) is 34.9 Å². The molecule has 1 atom stereocenters. The molecule has 6 heteroatoms. The van der Waals surface area contributed by atoms with Crippen LogP contribution in [0.1, 0.15) is 18.5 Å². The summed E-state index contributed by atoms with van der Waals surface area (Å²) in [6.45, 7) is 1.99. The zero-order valence-electron chi connectivity index (χ0n) is 11.0. The van der Waals surface area contributed by atoms with Crippen LogP contribution in [0.25, 0.3) is 0 Å². The first-order valence-corrected chi connectivity index (χ1v) is 7.13. The van der Waals surface area contributed by atoms with E-state index in [2.05, 4.69) is 26.2 Å². The van der Waals surface area contributed by atoms with Crippen LogP contribution in [0.3, 0.4) is 0 Å². The number of halogens is 2. The number of benzene rings is 1. The van der Waals surface area contributed by atoms with Gasteiger partial charge in [-0.1, -0.05) is 17.7 Å². The maximum atomic E-state index is 9.60. The summed E-state index contributed by atoms with van der Waals surface area (Å²) in [5.74, 6) is 0.556. The number of hydrogen-bond acceptors (Lipinski definition) is 4. The van der Waals surface area contributed by atoms with E-state index in [0.717, 1.165) is 15.7 Å². The number of nitrogens with one attached hydrogen (secondary N) is 1. The Hall–Kier alpha value is -1.46. The molecule has 106 valence electrons. The van der Waals surface area contributed by atoms with E-state index >= 15 is 0 Å². The molecule has 1 aromatic carbocycles. The van der Waals surface area contributed by atoms with E-state index in [-0.39, 0.29) is 11.8 Å². The lowest BCUT2D eigenvalue weighted by Gasteiger charge is -2.17. The Kier molecular flexibility index (Phi) is 4.73. The van der Waals surface area contributed by atoms with Crippen LogP contribution >= 0.6 is 27.5 Å². The van der Waals surface area contributed by atoms with Crippen LogP contribution in [0, 0.1) is 0 Å². The molecule has 0 saturated heterocycles. The minimum atomic E-state index is -0.0156. The van der Waals surface area contributed by atoms with Gasteiger partial charge in [0.1, 0.15) is 0 Å². The number of phenols is 1. The molecule has 20 heavy (non-hydrogen) atoms. The predicted octanol–water partition coefficient (Wildman–Crippen LogP) is 4.38. The number of pyridine rings is 1. The van der Waals surface area contributed by atoms with Crippen molar-refractivity contribution in [2.75, 3.05) is 12.4 Å². The second-order valence-electron chi connectivity index (χ2n) is 4.29. The largest absolute Gasteiger partial charge is 0.504 e. The second-order valence-corrected chi connectivity index (χ2v) is 5.56. The number of aromatic nitrogens is 1. The zero-order chi connectivity index (χ0) is 14.7. The van der Waals surface area contributed by atoms with Crippen molar-refractivity contribution in [3.8, 4) is 11.5 Å². The third kappa shape index (κ3) is 3.35. The standard InChI is InChI=1S/C14H14BrClN2O2/c1-8(9-3-4-12(19)13(5-9)20-2)18-11-6-10(15)7-17-14(11)16/h3-8,18-19H,1-2H3. The van der Waals surface area contributed by atoms with Gasteiger partial charge in [0, 0.05) is 16.7 Å². The second kappa shape index (κ2) is 6.33. The van der Waals surface area contributed by atoms with Gasteiger partial charge in [-0.3, -0.25) is 0 Å². The molecule has 1 unspecified atom stereocenters. The Morgan fingerprint density at radius 1 is 1.40 bits per heavy atom. The van der Waals surface area contributed by atoms with Gasteiger partial charge in [0.25, 0.3) is 0 Å². The average molecular weight is 358 g/mol. The van der Waals surface area contributed by atoms with Crippen molar-refractivity contribution in [3.63, 3.8) is 0 Å². The molecule has 0 spiro atoms. The topological polar surface area (TPSA) is 54.4 Å². The first-order chi connectivity index (χ1) is 9.51. The Morgan fingerprint density at radius 3 is 2.85 bits per heavy atom. The number of rotatable bonds is 4. The van der Waals surface area contributed by atoms with Gasteiger partial charge in [-0.25, -0.2) is 4.98 Å². The molecular formula is C14H14BrClN2O2. The first kappa shape index (κ1) is 14.9. The van der Waals surface area contributed by atoms with Crippen LogP contribution in [0.2, 0.25) is 5.15 Å². The molecule has 0 aliphatic carbocycles. The summed E-state index contributed by atoms with van der Waals surface area (Å²) in [6.07, 6.45) is 1.64. The quantitative estimate of drug-likeness (QED) is 0.797. The van der Waals surface area contributed by atoms with E-state index in [1.54, 1.807) is 18.3 Å². The van der Waals surface area contributed by atoms with Crippen molar-refractivity contribution in [1.82, 2.24) is 4.98 Å². The molecule has 1 heterocycles. The molecule has 0 saturated carbocycles. The zero-order valence-corrected chi connectivity index (χ0v) is 13.4. The lowest BCUT2D eigenvalue weighted by atomic mass is 10.1. The van der Waals surface area contributed by atoms with Gasteiger partial charge in [-0.2, -0.15) is 0 Å². The van der Waals surface area contributed by atoms with Crippen LogP contribution < -0.4 is 10.1 Å². The SMILES string of the molecule is COc1cc(C(C)Nc2cc(Br)cnc2Cl)ccc1O. The van der Waals surface area contributed by atoms with Gasteiger partial charge in [0.2, 0.25) is 0 Å². The molecule has 0 radical (unpaired) electrons. The maximum Gasteiger partial charge on any atom is 0.160 e. The van der Waals surface area contributed by atoms with Crippen molar-refractivity contribution in [3.05, 3.63) is 45.7 Å². The number of aromatic hydroxyl groups is 1. The Balaban J connectivity index is 2.23. The highest BCUT2D eigenvalue weighted by atomic mass is 79.9. The molecule has 0 fully saturated rings. The van der Waals surface area contributed by atoms with Gasteiger partial charge in [-0.05, 0) is 46.6 Å². The number of anilines is 1. The highest BCUT2D eigenvalue weighted by Crippen LogP contribution is 2.31. The lowest BCUT2D eigenvalue weighted by Crippen LogP contribution is -2.07. The number of hydrogen-bond donors (Lipinski definition) is 2. The van der Waals surface area contributed by atoms with Gasteiger partial charge >= 0.3 is 0 Å². The van der Waals surface area contributed by atoms with Crippen molar-refractivity contribution in [2.45, 2.75) is 13.0 Å². The summed E-state index contributed by atoms with van der Waals surface area (Å²) in [4.78, 5) is 4.06. The van der Waals surface area contributed by atoms with Crippen LogP contribution in [-0.2, 0) is 0 Å². The van der Waals surface area contributed by atoms with E-state index < -0.39 is 0 Å². The van der Waals surface area contributed by atoms with Crippen LogP contribution in [0.4, 0.5) is 5.69 Å². The van der Waals surface area contributed by atoms with E-state index in [1.165, 1.54) is 7.11 Å². The normalized spacial score (nSPS) is 12.0. The summed E-state index contributed by atoms with van der Waals surface area (Å²) in [5, 5.41) is 13.3. The Bertz CT molecular complexity index is 622. The Morgan fingerprint density at radius 2 is 2.15 bits per heavy atom. The molecule has 1 aromatic heterocycles. The van der Waals surface area contributed by atoms with Crippen molar-refractivity contribution < 1.29 is 9.84 Å². The van der Waals surface area contributed by atoms with Crippen LogP contribution in [-0.4, -0.2) is 17.2 Å².